The number of benzene rings is 1. The van der Waals surface area contributed by atoms with Gasteiger partial charge in [0, 0.05) is 25.6 Å². The molecule has 3 heterocycles. The number of likely N-dealkylation sites (tertiary alicyclic amines) is 1. The molecule has 3 aliphatic heterocycles. The van der Waals surface area contributed by atoms with E-state index in [9.17, 15) is 4.79 Å². The Balaban J connectivity index is 1.38. The molecule has 3 fully saturated rings. The maximum atomic E-state index is 12.3. The molecular weight excluding hydrogens is 268 g/mol. The lowest BCUT2D eigenvalue weighted by atomic mass is 9.87. The predicted octanol–water partition coefficient (Wildman–Crippen LogP) is 2.03. The number of hydroxylamine groups is 2. The molecule has 0 aliphatic carbocycles. The summed E-state index contributed by atoms with van der Waals surface area (Å²) in [6.07, 6.45) is 2.08. The lowest BCUT2D eigenvalue weighted by Crippen LogP contribution is -2.44. The fourth-order valence-corrected chi connectivity index (χ4v) is 3.93. The average molecular weight is 288 g/mol. The van der Waals surface area contributed by atoms with Gasteiger partial charge in [0.15, 0.2) is 0 Å². The summed E-state index contributed by atoms with van der Waals surface area (Å²) >= 11 is 0. The molecule has 3 saturated heterocycles. The van der Waals surface area contributed by atoms with Crippen molar-refractivity contribution in [3.05, 3.63) is 35.9 Å². The molecule has 0 bridgehead atoms. The fraction of sp³-hybridized carbons (Fsp3) is 0.562. The van der Waals surface area contributed by atoms with E-state index in [1.165, 1.54) is 0 Å². The number of rotatable bonds is 2. The summed E-state index contributed by atoms with van der Waals surface area (Å²) in [7, 11) is 0. The van der Waals surface area contributed by atoms with E-state index in [2.05, 4.69) is 5.06 Å². The van der Waals surface area contributed by atoms with Gasteiger partial charge in [0.05, 0.1) is 12.1 Å². The Labute approximate surface area is 124 Å². The Morgan fingerprint density at radius 2 is 2.24 bits per heavy atom. The van der Waals surface area contributed by atoms with E-state index >= 15 is 0 Å². The first-order chi connectivity index (χ1) is 10.3. The van der Waals surface area contributed by atoms with Crippen LogP contribution in [0.15, 0.2) is 30.3 Å². The molecule has 1 amide bonds. The molecule has 21 heavy (non-hydrogen) atoms. The molecule has 0 N–H and O–H groups in total. The second-order valence-corrected chi connectivity index (χ2v) is 6.22. The van der Waals surface area contributed by atoms with E-state index in [1.54, 1.807) is 0 Å². The highest BCUT2D eigenvalue weighted by Crippen LogP contribution is 2.46. The lowest BCUT2D eigenvalue weighted by molar-refractivity contribution is -0.144. The van der Waals surface area contributed by atoms with Gasteiger partial charge in [-0.1, -0.05) is 30.3 Å². The van der Waals surface area contributed by atoms with Crippen molar-refractivity contribution in [3.8, 4) is 0 Å². The Morgan fingerprint density at radius 1 is 1.38 bits per heavy atom. The van der Waals surface area contributed by atoms with Crippen LogP contribution < -0.4 is 0 Å². The van der Waals surface area contributed by atoms with Crippen LogP contribution in [-0.4, -0.2) is 47.8 Å². The zero-order valence-corrected chi connectivity index (χ0v) is 12.0. The van der Waals surface area contributed by atoms with Gasteiger partial charge in [-0.15, -0.1) is 0 Å². The molecule has 4 rings (SSSR count). The molecular formula is C16H20N2O3. The minimum Gasteiger partial charge on any atom is -0.445 e. The summed E-state index contributed by atoms with van der Waals surface area (Å²) in [5.74, 6) is 0.435. The maximum Gasteiger partial charge on any atom is 0.410 e. The van der Waals surface area contributed by atoms with Gasteiger partial charge in [-0.25, -0.2) is 4.79 Å². The number of carbonyl (C=O) groups excluding carboxylic acids is 1. The van der Waals surface area contributed by atoms with Gasteiger partial charge in [-0.2, -0.15) is 5.06 Å². The topological polar surface area (TPSA) is 42.0 Å². The quantitative estimate of drug-likeness (QED) is 0.835. The van der Waals surface area contributed by atoms with Gasteiger partial charge in [0.1, 0.15) is 6.61 Å². The molecule has 0 unspecified atom stereocenters. The third-order valence-corrected chi connectivity index (χ3v) is 5.03. The first-order valence-electron chi connectivity index (χ1n) is 7.64. The van der Waals surface area contributed by atoms with Crippen molar-refractivity contribution in [2.24, 2.45) is 5.92 Å². The zero-order valence-electron chi connectivity index (χ0n) is 12.0. The monoisotopic (exact) mass is 288 g/mol. The SMILES string of the molecule is O=C(OCc1ccccc1)N1C[C@@H]2CON3CCC[C@@]23C1. The maximum absolute atomic E-state index is 12.3. The summed E-state index contributed by atoms with van der Waals surface area (Å²) in [5.41, 5.74) is 1.08. The van der Waals surface area contributed by atoms with Crippen LogP contribution in [-0.2, 0) is 16.2 Å². The minimum atomic E-state index is -0.200. The summed E-state index contributed by atoms with van der Waals surface area (Å²) in [4.78, 5) is 19.9. The molecule has 5 nitrogen and oxygen atoms in total. The fourth-order valence-electron chi connectivity index (χ4n) is 3.93. The first-order valence-corrected chi connectivity index (χ1v) is 7.64. The van der Waals surface area contributed by atoms with E-state index < -0.39 is 0 Å². The van der Waals surface area contributed by atoms with Crippen molar-refractivity contribution in [2.75, 3.05) is 26.2 Å². The number of hydrogen-bond donors (Lipinski definition) is 0. The average Bonchev–Trinajstić information content (AvgIpc) is 3.15. The molecule has 0 radical (unpaired) electrons. The van der Waals surface area contributed by atoms with E-state index in [-0.39, 0.29) is 11.6 Å². The molecule has 3 aliphatic rings. The van der Waals surface area contributed by atoms with Crippen LogP contribution in [0.5, 0.6) is 0 Å². The van der Waals surface area contributed by atoms with Crippen molar-refractivity contribution in [2.45, 2.75) is 25.0 Å². The van der Waals surface area contributed by atoms with Crippen LogP contribution >= 0.6 is 0 Å². The molecule has 112 valence electrons. The van der Waals surface area contributed by atoms with E-state index in [0.29, 0.717) is 12.5 Å². The van der Waals surface area contributed by atoms with Crippen molar-refractivity contribution >= 4 is 6.09 Å². The van der Waals surface area contributed by atoms with Crippen molar-refractivity contribution in [3.63, 3.8) is 0 Å². The second kappa shape index (κ2) is 5.00. The molecule has 2 atom stereocenters. The number of nitrogens with zero attached hydrogens (tertiary/aromatic N) is 2. The van der Waals surface area contributed by atoms with Gasteiger partial charge < -0.3 is 9.64 Å². The Bertz CT molecular complexity index is 536. The van der Waals surface area contributed by atoms with Crippen LogP contribution in [0.25, 0.3) is 0 Å². The summed E-state index contributed by atoms with van der Waals surface area (Å²) in [6.45, 7) is 3.56. The molecule has 1 aromatic rings. The summed E-state index contributed by atoms with van der Waals surface area (Å²) in [6, 6.07) is 9.81. The number of amides is 1. The third kappa shape index (κ3) is 2.12. The van der Waals surface area contributed by atoms with Gasteiger partial charge >= 0.3 is 6.09 Å². The highest BCUT2D eigenvalue weighted by Gasteiger charge is 2.58. The van der Waals surface area contributed by atoms with Crippen LogP contribution in [0.3, 0.4) is 0 Å². The molecule has 5 heteroatoms. The number of carbonyl (C=O) groups is 1. The van der Waals surface area contributed by atoms with Crippen LogP contribution in [0.1, 0.15) is 18.4 Å². The third-order valence-electron chi connectivity index (χ3n) is 5.03. The second-order valence-electron chi connectivity index (χ2n) is 6.22. The summed E-state index contributed by atoms with van der Waals surface area (Å²) in [5, 5.41) is 2.11. The number of hydrogen-bond acceptors (Lipinski definition) is 4. The van der Waals surface area contributed by atoms with Crippen LogP contribution in [0, 0.1) is 5.92 Å². The smallest absolute Gasteiger partial charge is 0.410 e. The van der Waals surface area contributed by atoms with E-state index in [0.717, 1.165) is 44.6 Å². The molecule has 0 aromatic heterocycles. The highest BCUT2D eigenvalue weighted by molar-refractivity contribution is 5.68. The minimum absolute atomic E-state index is 0.0613. The normalized spacial score (nSPS) is 31.2. The zero-order chi connectivity index (χ0) is 14.3. The van der Waals surface area contributed by atoms with Crippen LogP contribution in [0.2, 0.25) is 0 Å². The van der Waals surface area contributed by atoms with E-state index in [4.69, 9.17) is 9.57 Å². The largest absolute Gasteiger partial charge is 0.445 e. The first kappa shape index (κ1) is 13.1. The van der Waals surface area contributed by atoms with Crippen molar-refractivity contribution in [1.82, 2.24) is 9.96 Å². The van der Waals surface area contributed by atoms with Gasteiger partial charge in [-0.05, 0) is 18.4 Å². The summed E-state index contributed by atoms with van der Waals surface area (Å²) < 4.78 is 5.45. The van der Waals surface area contributed by atoms with Gasteiger partial charge in [0.2, 0.25) is 0 Å². The van der Waals surface area contributed by atoms with Gasteiger partial charge in [-0.3, -0.25) is 4.84 Å². The Kier molecular flexibility index (Phi) is 3.12. The predicted molar refractivity (Wildman–Crippen MR) is 76.3 cm³/mol. The Morgan fingerprint density at radius 3 is 3.10 bits per heavy atom. The lowest BCUT2D eigenvalue weighted by Gasteiger charge is -2.29. The number of ether oxygens (including phenoxy) is 1. The molecule has 0 saturated carbocycles. The van der Waals surface area contributed by atoms with E-state index in [1.807, 2.05) is 35.2 Å². The van der Waals surface area contributed by atoms with Crippen molar-refractivity contribution < 1.29 is 14.4 Å². The van der Waals surface area contributed by atoms with Crippen LogP contribution in [0.4, 0.5) is 4.79 Å². The molecule has 1 spiro atoms. The van der Waals surface area contributed by atoms with Gasteiger partial charge in [0.25, 0.3) is 0 Å². The molecule has 1 aromatic carbocycles. The Hall–Kier alpha value is -1.59. The van der Waals surface area contributed by atoms with Crippen molar-refractivity contribution in [1.29, 1.82) is 0 Å². The highest BCUT2D eigenvalue weighted by atomic mass is 16.7. The standard InChI is InChI=1S/C16H20N2O3/c19-15(20-10-13-5-2-1-3-6-13)17-9-14-11-21-18-8-4-7-16(14,18)12-17/h1-3,5-6,14H,4,7-12H2/t14-,16-/m1/s1.